The summed E-state index contributed by atoms with van der Waals surface area (Å²) in [5.41, 5.74) is -0.741. The Balaban J connectivity index is 1.60. The van der Waals surface area contributed by atoms with E-state index in [0.717, 1.165) is 35.3 Å². The first kappa shape index (κ1) is 24.5. The maximum atomic E-state index is 13.1. The first-order valence-electron chi connectivity index (χ1n) is 10.2. The van der Waals surface area contributed by atoms with Crippen molar-refractivity contribution in [3.63, 3.8) is 0 Å². The van der Waals surface area contributed by atoms with E-state index < -0.39 is 17.3 Å². The van der Waals surface area contributed by atoms with Crippen molar-refractivity contribution in [2.45, 2.75) is 57.7 Å². The van der Waals surface area contributed by atoms with Crippen LogP contribution in [0.1, 0.15) is 56.8 Å². The quantitative estimate of drug-likeness (QED) is 0.384. The van der Waals surface area contributed by atoms with E-state index >= 15 is 0 Å². The van der Waals surface area contributed by atoms with Gasteiger partial charge in [0.2, 0.25) is 0 Å². The van der Waals surface area contributed by atoms with Gasteiger partial charge in [-0.3, -0.25) is 9.78 Å². The lowest BCUT2D eigenvalue weighted by Crippen LogP contribution is -2.33. The number of pyridine rings is 1. The van der Waals surface area contributed by atoms with Crippen LogP contribution in [-0.2, 0) is 20.4 Å². The van der Waals surface area contributed by atoms with Gasteiger partial charge in [-0.25, -0.2) is 8.96 Å². The second-order valence-corrected chi connectivity index (χ2v) is 9.01. The monoisotopic (exact) mass is 475 g/mol. The van der Waals surface area contributed by atoms with Crippen LogP contribution in [0.4, 0.5) is 17.1 Å². The van der Waals surface area contributed by atoms with Crippen LogP contribution in [-0.4, -0.2) is 39.7 Å². The molecule has 1 saturated carbocycles. The van der Waals surface area contributed by atoms with Gasteiger partial charge in [0.25, 0.3) is 0 Å². The van der Waals surface area contributed by atoms with E-state index in [1.54, 1.807) is 26.0 Å². The molecule has 0 aromatic carbocycles. The van der Waals surface area contributed by atoms with Gasteiger partial charge >= 0.3 is 12.1 Å². The summed E-state index contributed by atoms with van der Waals surface area (Å²) in [6, 6.07) is 3.36. The third-order valence-corrected chi connectivity index (χ3v) is 6.02. The fourth-order valence-corrected chi connectivity index (χ4v) is 4.06. The van der Waals surface area contributed by atoms with Crippen LogP contribution in [0, 0.1) is 5.41 Å². The molecule has 6 nitrogen and oxygen atoms in total. The van der Waals surface area contributed by atoms with Gasteiger partial charge in [0.05, 0.1) is 31.4 Å². The van der Waals surface area contributed by atoms with Gasteiger partial charge in [0, 0.05) is 23.4 Å². The molecule has 0 N–H and O–H groups in total. The molecule has 1 aliphatic rings. The molecular formula is C21H25F4N3O3S. The first-order chi connectivity index (χ1) is 15.0. The van der Waals surface area contributed by atoms with Gasteiger partial charge in [-0.2, -0.15) is 13.2 Å². The molecule has 0 spiro atoms. The highest BCUT2D eigenvalue weighted by Gasteiger charge is 2.35. The van der Waals surface area contributed by atoms with E-state index in [1.165, 1.54) is 13.3 Å². The SMILES string of the molecule is COC(=O)C(C)(C)COC1CCC(c2ccc(-c3nc(C(F)(F)F)cn3SF)cn2)CC1. The number of imidazole rings is 1. The number of esters is 1. The molecule has 3 rings (SSSR count). The van der Waals surface area contributed by atoms with Crippen LogP contribution >= 0.6 is 12.3 Å². The largest absolute Gasteiger partial charge is 0.469 e. The molecule has 1 aliphatic carbocycles. The Morgan fingerprint density at radius 3 is 2.44 bits per heavy atom. The minimum Gasteiger partial charge on any atom is -0.469 e. The van der Waals surface area contributed by atoms with Crippen LogP contribution in [0.15, 0.2) is 24.5 Å². The van der Waals surface area contributed by atoms with Gasteiger partial charge in [-0.15, -0.1) is 3.89 Å². The summed E-state index contributed by atoms with van der Waals surface area (Å²) in [7, 11) is 1.35. The van der Waals surface area contributed by atoms with Crippen molar-refractivity contribution in [3.05, 3.63) is 35.9 Å². The van der Waals surface area contributed by atoms with E-state index in [1.807, 2.05) is 0 Å². The summed E-state index contributed by atoms with van der Waals surface area (Å²) in [5, 5.41) is 0. The standard InChI is InChI=1S/C21H25F4N3O3S/c1-20(2,19(29)30-3)12-31-15-7-4-13(5-8-15)16-9-6-14(10-26-16)18-27-17(21(22,23)24)11-28(18)32-25/h6,9-11,13,15H,4-5,7-8,12H2,1-3H3. The number of hydrogen-bond donors (Lipinski definition) is 0. The molecule has 0 atom stereocenters. The molecule has 2 heterocycles. The molecule has 0 bridgehead atoms. The number of nitrogens with zero attached hydrogens (tertiary/aromatic N) is 3. The van der Waals surface area contributed by atoms with Crippen molar-refractivity contribution >= 4 is 18.3 Å². The molecule has 0 amide bonds. The van der Waals surface area contributed by atoms with Crippen molar-refractivity contribution in [2.75, 3.05) is 13.7 Å². The molecule has 176 valence electrons. The lowest BCUT2D eigenvalue weighted by atomic mass is 9.84. The Morgan fingerprint density at radius 1 is 1.22 bits per heavy atom. The van der Waals surface area contributed by atoms with Crippen LogP contribution in [0.2, 0.25) is 0 Å². The van der Waals surface area contributed by atoms with E-state index in [9.17, 15) is 21.9 Å². The van der Waals surface area contributed by atoms with Gasteiger partial charge in [-0.1, -0.05) is 0 Å². The predicted molar refractivity (Wildman–Crippen MR) is 111 cm³/mol. The minimum atomic E-state index is -4.66. The average molecular weight is 476 g/mol. The molecule has 0 radical (unpaired) electrons. The summed E-state index contributed by atoms with van der Waals surface area (Å²) < 4.78 is 63.2. The number of halogens is 4. The summed E-state index contributed by atoms with van der Waals surface area (Å²) in [5.74, 6) is -0.266. The number of ether oxygens (including phenoxy) is 2. The molecule has 32 heavy (non-hydrogen) atoms. The molecule has 1 fully saturated rings. The smallest absolute Gasteiger partial charge is 0.434 e. The Morgan fingerprint density at radius 2 is 1.91 bits per heavy atom. The van der Waals surface area contributed by atoms with Gasteiger partial charge in [-0.05, 0) is 51.7 Å². The van der Waals surface area contributed by atoms with E-state index in [2.05, 4.69) is 9.97 Å². The highest BCUT2D eigenvalue weighted by atomic mass is 32.2. The van der Waals surface area contributed by atoms with Gasteiger partial charge < -0.3 is 9.47 Å². The number of carbonyl (C=O) groups is 1. The minimum absolute atomic E-state index is 0.0456. The topological polar surface area (TPSA) is 66.2 Å². The molecule has 0 aliphatic heterocycles. The number of alkyl halides is 3. The maximum Gasteiger partial charge on any atom is 0.434 e. The third kappa shape index (κ3) is 5.61. The van der Waals surface area contributed by atoms with Crippen molar-refractivity contribution < 1.29 is 31.3 Å². The summed E-state index contributed by atoms with van der Waals surface area (Å²) in [6.45, 7) is 3.84. The number of aromatic nitrogens is 3. The second kappa shape index (κ2) is 9.78. The summed E-state index contributed by atoms with van der Waals surface area (Å²) in [6.07, 6.45) is 0.723. The Bertz CT molecular complexity index is 923. The summed E-state index contributed by atoms with van der Waals surface area (Å²) >= 11 is -0.347. The fourth-order valence-electron chi connectivity index (χ4n) is 3.71. The highest BCUT2D eigenvalue weighted by molar-refractivity contribution is 7.92. The van der Waals surface area contributed by atoms with Crippen LogP contribution < -0.4 is 0 Å². The number of rotatable bonds is 7. The normalized spacial score (nSPS) is 19.7. The number of methoxy groups -OCH3 is 1. The molecule has 0 unspecified atom stereocenters. The Kier molecular flexibility index (Phi) is 7.49. The number of carbonyl (C=O) groups excluding carboxylic acids is 1. The fraction of sp³-hybridized carbons (Fsp3) is 0.571. The molecular weight excluding hydrogens is 450 g/mol. The lowest BCUT2D eigenvalue weighted by Gasteiger charge is -2.31. The predicted octanol–water partition coefficient (Wildman–Crippen LogP) is 5.59. The highest BCUT2D eigenvalue weighted by Crippen LogP contribution is 2.36. The van der Waals surface area contributed by atoms with Crippen molar-refractivity contribution in [1.82, 2.24) is 13.9 Å². The van der Waals surface area contributed by atoms with Gasteiger partial charge in [0.1, 0.15) is 0 Å². The Hall–Kier alpha value is -2.14. The van der Waals surface area contributed by atoms with E-state index in [-0.39, 0.29) is 42.8 Å². The van der Waals surface area contributed by atoms with Crippen LogP contribution in [0.25, 0.3) is 11.4 Å². The van der Waals surface area contributed by atoms with Gasteiger partial charge in [0.15, 0.2) is 23.9 Å². The van der Waals surface area contributed by atoms with E-state index in [4.69, 9.17) is 9.47 Å². The van der Waals surface area contributed by atoms with Crippen molar-refractivity contribution in [2.24, 2.45) is 5.41 Å². The Labute approximate surface area is 188 Å². The average Bonchev–Trinajstić information content (AvgIpc) is 3.23. The lowest BCUT2D eigenvalue weighted by molar-refractivity contribution is -0.156. The molecule has 11 heteroatoms. The number of hydrogen-bond acceptors (Lipinski definition) is 6. The zero-order valence-corrected chi connectivity index (χ0v) is 18.8. The van der Waals surface area contributed by atoms with Crippen molar-refractivity contribution in [3.8, 4) is 11.4 Å². The van der Waals surface area contributed by atoms with Crippen LogP contribution in [0.3, 0.4) is 0 Å². The third-order valence-electron chi connectivity index (χ3n) is 5.59. The molecule has 0 saturated heterocycles. The van der Waals surface area contributed by atoms with Crippen molar-refractivity contribution in [1.29, 1.82) is 0 Å². The zero-order chi connectivity index (χ0) is 23.5. The maximum absolute atomic E-state index is 13.1. The molecule has 2 aromatic rings. The zero-order valence-electron chi connectivity index (χ0n) is 18.0. The molecule has 2 aromatic heterocycles. The van der Waals surface area contributed by atoms with E-state index in [0.29, 0.717) is 11.8 Å². The van der Waals surface area contributed by atoms with Crippen LogP contribution in [0.5, 0.6) is 0 Å². The first-order valence-corrected chi connectivity index (χ1v) is 10.8. The second-order valence-electron chi connectivity index (χ2n) is 8.47. The summed E-state index contributed by atoms with van der Waals surface area (Å²) in [4.78, 5) is 19.7.